The zero-order valence-corrected chi connectivity index (χ0v) is 8.90. The lowest BCUT2D eigenvalue weighted by molar-refractivity contribution is -0.234. The fourth-order valence-corrected chi connectivity index (χ4v) is 1.67. The zero-order chi connectivity index (χ0) is 9.19. The normalized spacial score (nSPS) is 27.5. The lowest BCUT2D eigenvalue weighted by Crippen LogP contribution is -2.41. The van der Waals surface area contributed by atoms with Gasteiger partial charge in [-0.2, -0.15) is 5.06 Å². The van der Waals surface area contributed by atoms with Gasteiger partial charge < -0.3 is 0 Å². The first-order valence-electron chi connectivity index (χ1n) is 4.55. The molecule has 0 bridgehead atoms. The molecule has 0 amide bonds. The van der Waals surface area contributed by atoms with Crippen LogP contribution in [0.25, 0.3) is 0 Å². The number of nitrogens with zero attached hydrogens (tertiary/aromatic N) is 1. The van der Waals surface area contributed by atoms with Crippen LogP contribution in [0.3, 0.4) is 0 Å². The Balaban J connectivity index is 2.32. The van der Waals surface area contributed by atoms with Gasteiger partial charge in [-0.25, -0.2) is 0 Å². The summed E-state index contributed by atoms with van der Waals surface area (Å²) < 4.78 is 0. The van der Waals surface area contributed by atoms with Gasteiger partial charge >= 0.3 is 0 Å². The molecule has 0 aromatic carbocycles. The predicted octanol–water partition coefficient (Wildman–Crippen LogP) is 2.42. The van der Waals surface area contributed by atoms with Crippen LogP contribution in [0.2, 0.25) is 0 Å². The Morgan fingerprint density at radius 3 is 2.58 bits per heavy atom. The minimum atomic E-state index is -0.0893. The van der Waals surface area contributed by atoms with Crippen LogP contribution in [0, 0.1) is 0 Å². The topological polar surface area (TPSA) is 12.5 Å². The average molecular weight is 192 g/mol. The Morgan fingerprint density at radius 1 is 1.42 bits per heavy atom. The second kappa shape index (κ2) is 3.95. The van der Waals surface area contributed by atoms with Gasteiger partial charge in [-0.05, 0) is 33.6 Å². The van der Waals surface area contributed by atoms with E-state index in [2.05, 4.69) is 20.8 Å². The summed E-state index contributed by atoms with van der Waals surface area (Å²) in [6, 6.07) is 0. The van der Waals surface area contributed by atoms with E-state index in [4.69, 9.17) is 16.4 Å². The Kier molecular flexibility index (Phi) is 3.38. The minimum Gasteiger partial charge on any atom is -0.293 e. The standard InChI is InChI=1S/C9H18ClNO/c1-9(2,3)12-11-6-4-5-8(10)7-11/h8H,4-7H2,1-3H3/t8-/m0/s1. The van der Waals surface area contributed by atoms with E-state index < -0.39 is 0 Å². The van der Waals surface area contributed by atoms with Gasteiger partial charge in [0.25, 0.3) is 0 Å². The van der Waals surface area contributed by atoms with Gasteiger partial charge in [0.05, 0.1) is 5.60 Å². The van der Waals surface area contributed by atoms with E-state index in [9.17, 15) is 0 Å². The Labute approximate surface area is 79.8 Å². The molecule has 0 spiro atoms. The minimum absolute atomic E-state index is 0.0893. The number of hydrogen-bond donors (Lipinski definition) is 0. The zero-order valence-electron chi connectivity index (χ0n) is 8.14. The van der Waals surface area contributed by atoms with Gasteiger partial charge in [0, 0.05) is 18.5 Å². The first-order chi connectivity index (χ1) is 5.47. The predicted molar refractivity (Wildman–Crippen MR) is 51.3 cm³/mol. The molecule has 0 saturated carbocycles. The smallest absolute Gasteiger partial charge is 0.0815 e. The number of halogens is 1. The summed E-state index contributed by atoms with van der Waals surface area (Å²) in [6.45, 7) is 8.06. The van der Waals surface area contributed by atoms with E-state index in [1.165, 1.54) is 0 Å². The molecule has 0 N–H and O–H groups in total. The van der Waals surface area contributed by atoms with Crippen LogP contribution < -0.4 is 0 Å². The number of hydrogen-bond acceptors (Lipinski definition) is 2. The van der Waals surface area contributed by atoms with Crippen molar-refractivity contribution in [3.05, 3.63) is 0 Å². The van der Waals surface area contributed by atoms with Gasteiger partial charge in [0.1, 0.15) is 0 Å². The van der Waals surface area contributed by atoms with Crippen LogP contribution >= 0.6 is 11.6 Å². The molecule has 1 aliphatic heterocycles. The molecule has 12 heavy (non-hydrogen) atoms. The van der Waals surface area contributed by atoms with E-state index in [1.807, 2.05) is 5.06 Å². The molecule has 1 aliphatic rings. The van der Waals surface area contributed by atoms with E-state index >= 15 is 0 Å². The molecule has 0 aromatic rings. The molecule has 1 rings (SSSR count). The van der Waals surface area contributed by atoms with Crippen LogP contribution in [0.15, 0.2) is 0 Å². The summed E-state index contributed by atoms with van der Waals surface area (Å²) in [5.41, 5.74) is -0.0893. The van der Waals surface area contributed by atoms with Crippen LogP contribution in [0.5, 0.6) is 0 Å². The second-order valence-corrected chi connectivity index (χ2v) is 4.95. The average Bonchev–Trinajstić information content (AvgIpc) is 1.82. The van der Waals surface area contributed by atoms with Crippen LogP contribution in [0.1, 0.15) is 33.6 Å². The number of piperidine rings is 1. The molecule has 1 fully saturated rings. The summed E-state index contributed by atoms with van der Waals surface area (Å²) in [5.74, 6) is 0. The SMILES string of the molecule is CC(C)(C)ON1CCC[C@H](Cl)C1. The summed E-state index contributed by atoms with van der Waals surface area (Å²) >= 11 is 6.02. The first-order valence-corrected chi connectivity index (χ1v) is 4.99. The number of alkyl halides is 1. The van der Waals surface area contributed by atoms with E-state index in [-0.39, 0.29) is 11.0 Å². The van der Waals surface area contributed by atoms with Gasteiger partial charge in [-0.1, -0.05) is 0 Å². The molecular weight excluding hydrogens is 174 g/mol. The molecule has 0 radical (unpaired) electrons. The maximum absolute atomic E-state index is 6.02. The van der Waals surface area contributed by atoms with Crippen molar-refractivity contribution >= 4 is 11.6 Å². The van der Waals surface area contributed by atoms with Crippen molar-refractivity contribution in [2.45, 2.75) is 44.6 Å². The fraction of sp³-hybridized carbons (Fsp3) is 1.00. The lowest BCUT2D eigenvalue weighted by Gasteiger charge is -2.34. The molecule has 1 saturated heterocycles. The van der Waals surface area contributed by atoms with E-state index in [1.54, 1.807) is 0 Å². The first kappa shape index (κ1) is 10.3. The van der Waals surface area contributed by atoms with Gasteiger partial charge in [0.2, 0.25) is 0 Å². The molecular formula is C9H18ClNO. The van der Waals surface area contributed by atoms with Crippen molar-refractivity contribution in [3.8, 4) is 0 Å². The van der Waals surface area contributed by atoms with Crippen molar-refractivity contribution in [3.63, 3.8) is 0 Å². The molecule has 0 aromatic heterocycles. The fourth-order valence-electron chi connectivity index (χ4n) is 1.36. The van der Waals surface area contributed by atoms with Crippen molar-refractivity contribution in [1.29, 1.82) is 0 Å². The largest absolute Gasteiger partial charge is 0.293 e. The highest BCUT2D eigenvalue weighted by Gasteiger charge is 2.22. The van der Waals surface area contributed by atoms with Gasteiger partial charge in [-0.3, -0.25) is 4.84 Å². The van der Waals surface area contributed by atoms with Crippen LogP contribution in [-0.4, -0.2) is 29.1 Å². The lowest BCUT2D eigenvalue weighted by atomic mass is 10.1. The maximum atomic E-state index is 6.02. The van der Waals surface area contributed by atoms with Crippen molar-refractivity contribution in [1.82, 2.24) is 5.06 Å². The third kappa shape index (κ3) is 3.74. The van der Waals surface area contributed by atoms with Gasteiger partial charge in [-0.15, -0.1) is 11.6 Å². The third-order valence-corrected chi connectivity index (χ3v) is 2.09. The molecule has 0 aliphatic carbocycles. The summed E-state index contributed by atoms with van der Waals surface area (Å²) in [4.78, 5) is 5.70. The van der Waals surface area contributed by atoms with E-state index in [0.717, 1.165) is 25.9 Å². The second-order valence-electron chi connectivity index (χ2n) is 4.33. The summed E-state index contributed by atoms with van der Waals surface area (Å²) in [5, 5.41) is 2.25. The summed E-state index contributed by atoms with van der Waals surface area (Å²) in [7, 11) is 0. The molecule has 2 nitrogen and oxygen atoms in total. The highest BCUT2D eigenvalue weighted by molar-refractivity contribution is 6.20. The number of hydroxylamine groups is 2. The van der Waals surface area contributed by atoms with Crippen LogP contribution in [0.4, 0.5) is 0 Å². The van der Waals surface area contributed by atoms with Crippen molar-refractivity contribution in [2.24, 2.45) is 0 Å². The van der Waals surface area contributed by atoms with Crippen LogP contribution in [-0.2, 0) is 4.84 Å². The van der Waals surface area contributed by atoms with Crippen molar-refractivity contribution < 1.29 is 4.84 Å². The molecule has 72 valence electrons. The third-order valence-electron chi connectivity index (χ3n) is 1.73. The molecule has 3 heteroatoms. The quantitative estimate of drug-likeness (QED) is 0.591. The molecule has 0 unspecified atom stereocenters. The summed E-state index contributed by atoms with van der Waals surface area (Å²) in [6.07, 6.45) is 2.26. The highest BCUT2D eigenvalue weighted by atomic mass is 35.5. The highest BCUT2D eigenvalue weighted by Crippen LogP contribution is 2.19. The van der Waals surface area contributed by atoms with Crippen molar-refractivity contribution in [2.75, 3.05) is 13.1 Å². The molecule has 1 heterocycles. The molecule has 1 atom stereocenters. The number of rotatable bonds is 1. The van der Waals surface area contributed by atoms with E-state index in [0.29, 0.717) is 0 Å². The van der Waals surface area contributed by atoms with Gasteiger partial charge in [0.15, 0.2) is 0 Å². The Hall–Kier alpha value is 0.210. The Morgan fingerprint density at radius 2 is 2.08 bits per heavy atom. The Bertz CT molecular complexity index is 144. The maximum Gasteiger partial charge on any atom is 0.0815 e. The monoisotopic (exact) mass is 191 g/mol.